The molecule has 4 nitrogen and oxygen atoms in total. The molecule has 21 heavy (non-hydrogen) atoms. The van der Waals surface area contributed by atoms with Crippen molar-refractivity contribution in [3.05, 3.63) is 22.4 Å². The van der Waals surface area contributed by atoms with E-state index in [1.165, 1.54) is 11.1 Å². The van der Waals surface area contributed by atoms with Crippen LogP contribution in [-0.4, -0.2) is 45.2 Å². The van der Waals surface area contributed by atoms with Gasteiger partial charge < -0.3 is 5.32 Å². The van der Waals surface area contributed by atoms with Crippen LogP contribution in [0.4, 0.5) is 0 Å². The van der Waals surface area contributed by atoms with Crippen LogP contribution < -0.4 is 5.32 Å². The van der Waals surface area contributed by atoms with Crippen molar-refractivity contribution in [1.29, 1.82) is 0 Å². The van der Waals surface area contributed by atoms with Gasteiger partial charge in [-0.25, -0.2) is 12.7 Å². The monoisotopic (exact) mass is 330 g/mol. The fourth-order valence-electron chi connectivity index (χ4n) is 2.83. The zero-order chi connectivity index (χ0) is 15.5. The van der Waals surface area contributed by atoms with Crippen molar-refractivity contribution in [2.45, 2.75) is 32.1 Å². The summed E-state index contributed by atoms with van der Waals surface area (Å²) in [5.41, 5.74) is 0.124. The van der Waals surface area contributed by atoms with Gasteiger partial charge in [-0.3, -0.25) is 0 Å². The molecule has 2 rings (SSSR count). The lowest BCUT2D eigenvalue weighted by atomic mass is 9.91. The first-order chi connectivity index (χ1) is 9.79. The molecule has 1 N–H and O–H groups in total. The molecule has 1 unspecified atom stereocenters. The summed E-state index contributed by atoms with van der Waals surface area (Å²) in [5.74, 6) is 0.424. The molecule has 1 saturated heterocycles. The van der Waals surface area contributed by atoms with Gasteiger partial charge in [0.25, 0.3) is 0 Å². The summed E-state index contributed by atoms with van der Waals surface area (Å²) in [5, 5.41) is 5.65. The average molecular weight is 331 g/mol. The summed E-state index contributed by atoms with van der Waals surface area (Å²) in [6.45, 7) is 7.63. The van der Waals surface area contributed by atoms with Crippen LogP contribution in [0.25, 0.3) is 0 Å². The van der Waals surface area contributed by atoms with Crippen LogP contribution in [0.15, 0.2) is 17.5 Å². The van der Waals surface area contributed by atoms with E-state index in [2.05, 4.69) is 36.7 Å². The topological polar surface area (TPSA) is 49.4 Å². The van der Waals surface area contributed by atoms with Gasteiger partial charge in [0, 0.05) is 29.9 Å². The third kappa shape index (κ3) is 4.77. The predicted octanol–water partition coefficient (Wildman–Crippen LogP) is 2.29. The fourth-order valence-corrected chi connectivity index (χ4v) is 4.63. The lowest BCUT2D eigenvalue weighted by Crippen LogP contribution is -2.43. The molecule has 1 fully saturated rings. The number of rotatable bonds is 6. The lowest BCUT2D eigenvalue weighted by Gasteiger charge is -2.32. The van der Waals surface area contributed by atoms with Crippen molar-refractivity contribution in [2.75, 3.05) is 32.4 Å². The van der Waals surface area contributed by atoms with Crippen molar-refractivity contribution in [2.24, 2.45) is 5.92 Å². The zero-order valence-electron chi connectivity index (χ0n) is 13.1. The van der Waals surface area contributed by atoms with E-state index in [1.54, 1.807) is 15.6 Å². The normalized spacial score (nSPS) is 21.6. The molecule has 1 aromatic heterocycles. The largest absolute Gasteiger partial charge is 0.316 e. The summed E-state index contributed by atoms with van der Waals surface area (Å²) < 4.78 is 24.9. The number of hydrogen-bond acceptors (Lipinski definition) is 4. The molecule has 1 aliphatic heterocycles. The van der Waals surface area contributed by atoms with Gasteiger partial charge in [0.1, 0.15) is 0 Å². The second-order valence-electron chi connectivity index (χ2n) is 6.62. The summed E-state index contributed by atoms with van der Waals surface area (Å²) in [6.07, 6.45) is 3.38. The number of piperidine rings is 1. The van der Waals surface area contributed by atoms with Gasteiger partial charge in [-0.05, 0) is 36.8 Å². The molecule has 1 aliphatic rings. The van der Waals surface area contributed by atoms with E-state index in [9.17, 15) is 8.42 Å². The minimum Gasteiger partial charge on any atom is -0.316 e. The van der Waals surface area contributed by atoms with Crippen molar-refractivity contribution in [1.82, 2.24) is 9.62 Å². The highest BCUT2D eigenvalue weighted by atomic mass is 32.2. The first-order valence-electron chi connectivity index (χ1n) is 7.49. The van der Waals surface area contributed by atoms with Gasteiger partial charge in [0.2, 0.25) is 10.0 Å². The fraction of sp³-hybridized carbons (Fsp3) is 0.733. The van der Waals surface area contributed by atoms with Crippen molar-refractivity contribution in [3.8, 4) is 0 Å². The number of nitrogens with one attached hydrogen (secondary N) is 1. The number of nitrogens with zero attached hydrogens (tertiary/aromatic N) is 1. The van der Waals surface area contributed by atoms with Gasteiger partial charge >= 0.3 is 0 Å². The van der Waals surface area contributed by atoms with E-state index in [1.807, 2.05) is 0 Å². The first kappa shape index (κ1) is 16.9. The minimum absolute atomic E-state index is 0.124. The van der Waals surface area contributed by atoms with Gasteiger partial charge in [-0.1, -0.05) is 19.9 Å². The van der Waals surface area contributed by atoms with Crippen LogP contribution in [0.5, 0.6) is 0 Å². The molecule has 1 atom stereocenters. The molecule has 0 aliphatic carbocycles. The summed E-state index contributed by atoms with van der Waals surface area (Å²) in [4.78, 5) is 1.39. The smallest absolute Gasteiger partial charge is 0.211 e. The summed E-state index contributed by atoms with van der Waals surface area (Å²) in [7, 11) is -3.04. The van der Waals surface area contributed by atoms with E-state index in [0.717, 1.165) is 25.9 Å². The van der Waals surface area contributed by atoms with Crippen LogP contribution in [0.1, 0.15) is 31.6 Å². The van der Waals surface area contributed by atoms with Gasteiger partial charge in [-0.2, -0.15) is 0 Å². The first-order valence-corrected chi connectivity index (χ1v) is 10.2. The van der Waals surface area contributed by atoms with Crippen molar-refractivity contribution >= 4 is 21.4 Å². The Labute approximate surface area is 132 Å². The third-order valence-electron chi connectivity index (χ3n) is 4.14. The second kappa shape index (κ2) is 6.77. The molecule has 0 bridgehead atoms. The van der Waals surface area contributed by atoms with Gasteiger partial charge in [-0.15, -0.1) is 11.3 Å². The van der Waals surface area contributed by atoms with E-state index >= 15 is 0 Å². The molecule has 0 spiro atoms. The maximum Gasteiger partial charge on any atom is 0.211 e. The highest BCUT2D eigenvalue weighted by Crippen LogP contribution is 2.27. The average Bonchev–Trinajstić information content (AvgIpc) is 2.92. The molecule has 0 aromatic carbocycles. The summed E-state index contributed by atoms with van der Waals surface area (Å²) in [6, 6.07) is 4.27. The Kier molecular flexibility index (Phi) is 5.46. The van der Waals surface area contributed by atoms with Gasteiger partial charge in [0.05, 0.1) is 6.26 Å². The van der Waals surface area contributed by atoms with Gasteiger partial charge in [0.15, 0.2) is 0 Å². The van der Waals surface area contributed by atoms with E-state index in [0.29, 0.717) is 19.0 Å². The highest BCUT2D eigenvalue weighted by Gasteiger charge is 2.26. The van der Waals surface area contributed by atoms with Crippen LogP contribution in [0, 0.1) is 5.92 Å². The maximum atomic E-state index is 11.6. The number of thiophene rings is 1. The minimum atomic E-state index is -3.04. The molecule has 0 radical (unpaired) electrons. The zero-order valence-corrected chi connectivity index (χ0v) is 14.8. The highest BCUT2D eigenvalue weighted by molar-refractivity contribution is 7.88. The Morgan fingerprint density at radius 2 is 2.24 bits per heavy atom. The van der Waals surface area contributed by atoms with E-state index in [-0.39, 0.29) is 5.41 Å². The molecule has 120 valence electrons. The van der Waals surface area contributed by atoms with Crippen molar-refractivity contribution in [3.63, 3.8) is 0 Å². The standard InChI is InChI=1S/C15H26N2O2S2/c1-15(2,14-7-5-9-20-14)12-16-10-13-6-4-8-17(11-13)21(3,18)19/h5,7,9,13,16H,4,6,8,10-12H2,1-3H3. The molecular formula is C15H26N2O2S2. The van der Waals surface area contributed by atoms with Crippen LogP contribution in [-0.2, 0) is 15.4 Å². The molecule has 1 aromatic rings. The maximum absolute atomic E-state index is 11.6. The summed E-state index contributed by atoms with van der Waals surface area (Å²) >= 11 is 1.79. The number of sulfonamides is 1. The SMILES string of the molecule is CC(C)(CNCC1CCCN(S(C)(=O)=O)C1)c1cccs1. The third-order valence-corrected chi connectivity index (χ3v) is 6.64. The quantitative estimate of drug-likeness (QED) is 0.870. The predicted molar refractivity (Wildman–Crippen MR) is 89.4 cm³/mol. The Hall–Kier alpha value is -0.430. The van der Waals surface area contributed by atoms with Crippen LogP contribution in [0.3, 0.4) is 0 Å². The Balaban J connectivity index is 1.81. The molecule has 2 heterocycles. The van der Waals surface area contributed by atoms with Crippen molar-refractivity contribution < 1.29 is 8.42 Å². The number of hydrogen-bond donors (Lipinski definition) is 1. The molecule has 0 amide bonds. The second-order valence-corrected chi connectivity index (χ2v) is 9.55. The van der Waals surface area contributed by atoms with E-state index < -0.39 is 10.0 Å². The Morgan fingerprint density at radius 1 is 1.48 bits per heavy atom. The van der Waals surface area contributed by atoms with E-state index in [4.69, 9.17) is 0 Å². The Morgan fingerprint density at radius 3 is 2.86 bits per heavy atom. The molecule has 0 saturated carbocycles. The molecule has 6 heteroatoms. The van der Waals surface area contributed by atoms with Crippen LogP contribution >= 0.6 is 11.3 Å². The van der Waals surface area contributed by atoms with Crippen LogP contribution in [0.2, 0.25) is 0 Å². The Bertz CT molecular complexity index is 538. The molecular weight excluding hydrogens is 304 g/mol. The lowest BCUT2D eigenvalue weighted by molar-refractivity contribution is 0.257.